The summed E-state index contributed by atoms with van der Waals surface area (Å²) in [5.74, 6) is 1.04. The lowest BCUT2D eigenvalue weighted by atomic mass is 10.0. The van der Waals surface area contributed by atoms with Crippen LogP contribution in [-0.4, -0.2) is 46.5 Å². The van der Waals surface area contributed by atoms with Gasteiger partial charge in [0.05, 0.1) is 11.4 Å². The minimum Gasteiger partial charge on any atom is -0.310 e. The second kappa shape index (κ2) is 10.3. The van der Waals surface area contributed by atoms with E-state index in [-0.39, 0.29) is 23.0 Å². The van der Waals surface area contributed by atoms with E-state index in [2.05, 4.69) is 10.2 Å². The van der Waals surface area contributed by atoms with Crippen LogP contribution in [0, 0.1) is 0 Å². The van der Waals surface area contributed by atoms with E-state index in [1.54, 1.807) is 35.5 Å². The van der Waals surface area contributed by atoms with Crippen molar-refractivity contribution in [3.05, 3.63) is 78.1 Å². The van der Waals surface area contributed by atoms with E-state index in [1.807, 2.05) is 54.8 Å². The van der Waals surface area contributed by atoms with Crippen LogP contribution in [0.15, 0.2) is 71.9 Å². The first-order valence-corrected chi connectivity index (χ1v) is 13.1. The van der Waals surface area contributed by atoms with Gasteiger partial charge in [0.2, 0.25) is 0 Å². The highest BCUT2D eigenvalue weighted by atomic mass is 32.2. The first-order valence-electron chi connectivity index (χ1n) is 11.3. The second-order valence-corrected chi connectivity index (χ2v) is 10.7. The van der Waals surface area contributed by atoms with Crippen molar-refractivity contribution in [3.8, 4) is 22.6 Å². The summed E-state index contributed by atoms with van der Waals surface area (Å²) < 4.78 is 25.8. The zero-order valence-electron chi connectivity index (χ0n) is 20.3. The Balaban J connectivity index is 0.00000102. The van der Waals surface area contributed by atoms with Crippen LogP contribution in [-0.2, 0) is 26.0 Å². The molecule has 2 aromatic carbocycles. The van der Waals surface area contributed by atoms with Gasteiger partial charge in [-0.1, -0.05) is 30.3 Å². The Morgan fingerprint density at radius 1 is 0.973 bits per heavy atom. The van der Waals surface area contributed by atoms with Crippen LogP contribution < -0.4 is 4.90 Å². The molecule has 0 saturated carbocycles. The number of nitrogens with zero attached hydrogens (tertiary/aromatic N) is 5. The largest absolute Gasteiger partial charge is 0.373 e. The molecule has 0 atom stereocenters. The Kier molecular flexibility index (Phi) is 7.10. The number of aromatic nitrogens is 4. The van der Waals surface area contributed by atoms with E-state index < -0.39 is 9.84 Å². The van der Waals surface area contributed by atoms with Crippen molar-refractivity contribution >= 4 is 27.7 Å². The number of carbonyl (C=O) groups is 1. The molecule has 37 heavy (non-hydrogen) atoms. The first kappa shape index (κ1) is 25.6. The molecule has 188 valence electrons. The van der Waals surface area contributed by atoms with Crippen molar-refractivity contribution in [1.82, 2.24) is 19.7 Å². The summed E-state index contributed by atoms with van der Waals surface area (Å²) in [6.45, 7) is 4.49. The van der Waals surface area contributed by atoms with E-state index in [0.29, 0.717) is 29.4 Å². The van der Waals surface area contributed by atoms with Gasteiger partial charge in [0.15, 0.2) is 15.7 Å². The summed E-state index contributed by atoms with van der Waals surface area (Å²) in [5.41, 5.74) is 3.65. The third-order valence-electron chi connectivity index (χ3n) is 5.88. The molecule has 0 fully saturated rings. The molecule has 0 bridgehead atoms. The third-order valence-corrected chi connectivity index (χ3v) is 6.99. The maximum Gasteiger partial charge on any atom is 0.373 e. The summed E-state index contributed by atoms with van der Waals surface area (Å²) in [6, 6.07) is 18.1. The molecular weight excluding hydrogens is 494 g/mol. The van der Waals surface area contributed by atoms with Crippen molar-refractivity contribution in [3.63, 3.8) is 0 Å². The van der Waals surface area contributed by atoms with Crippen LogP contribution in [0.25, 0.3) is 22.6 Å². The standard InChI is InChI=1S/C25H23N5O3S.CO2/c1-16(2)30-15-26-28-24(30)22-8-5-9-23(27-22)29-14-19-11-10-18(13-21(19)25(29)31)17-6-4-7-20(12-17)34(3,32)33;2-1-3/h4-13,15-16H,14H2,1-3H3;. The van der Waals surface area contributed by atoms with Gasteiger partial charge in [-0.25, -0.2) is 13.4 Å². The smallest absolute Gasteiger partial charge is 0.310 e. The molecule has 5 rings (SSSR count). The minimum absolute atomic E-state index is 0.147. The van der Waals surface area contributed by atoms with Crippen LogP contribution in [0.2, 0.25) is 0 Å². The van der Waals surface area contributed by atoms with Crippen molar-refractivity contribution in [2.75, 3.05) is 11.2 Å². The zero-order valence-corrected chi connectivity index (χ0v) is 21.1. The van der Waals surface area contributed by atoms with Crippen molar-refractivity contribution in [2.45, 2.75) is 31.3 Å². The average molecular weight is 518 g/mol. The maximum absolute atomic E-state index is 13.3. The van der Waals surface area contributed by atoms with E-state index in [9.17, 15) is 13.2 Å². The lowest BCUT2D eigenvalue weighted by molar-refractivity contribution is -0.191. The average Bonchev–Trinajstić information content (AvgIpc) is 3.49. The molecule has 1 aliphatic rings. The van der Waals surface area contributed by atoms with Gasteiger partial charge in [-0.05, 0) is 60.9 Å². The highest BCUT2D eigenvalue weighted by molar-refractivity contribution is 7.90. The quantitative estimate of drug-likeness (QED) is 0.392. The summed E-state index contributed by atoms with van der Waals surface area (Å²) in [4.78, 5) is 36.2. The van der Waals surface area contributed by atoms with E-state index in [4.69, 9.17) is 14.6 Å². The minimum atomic E-state index is -3.33. The number of hydrogen-bond donors (Lipinski definition) is 0. The van der Waals surface area contributed by atoms with Gasteiger partial charge in [-0.3, -0.25) is 9.69 Å². The van der Waals surface area contributed by atoms with Gasteiger partial charge in [-0.2, -0.15) is 9.59 Å². The topological polar surface area (TPSA) is 132 Å². The van der Waals surface area contributed by atoms with Crippen molar-refractivity contribution < 1.29 is 22.8 Å². The lowest BCUT2D eigenvalue weighted by Crippen LogP contribution is -2.24. The number of benzene rings is 2. The molecule has 0 N–H and O–H groups in total. The summed E-state index contributed by atoms with van der Waals surface area (Å²) in [7, 11) is -3.33. The molecule has 0 unspecified atom stereocenters. The van der Waals surface area contributed by atoms with E-state index >= 15 is 0 Å². The van der Waals surface area contributed by atoms with Crippen LogP contribution in [0.1, 0.15) is 35.8 Å². The Morgan fingerprint density at radius 2 is 1.68 bits per heavy atom. The van der Waals surface area contributed by atoms with Gasteiger partial charge in [0.25, 0.3) is 5.91 Å². The van der Waals surface area contributed by atoms with Gasteiger partial charge in [0, 0.05) is 17.9 Å². The number of amides is 1. The molecule has 10 nitrogen and oxygen atoms in total. The molecule has 0 aliphatic carbocycles. The highest BCUT2D eigenvalue weighted by Gasteiger charge is 2.30. The SMILES string of the molecule is CC(C)n1cnnc1-c1cccc(N2Cc3ccc(-c4cccc(S(C)(=O)=O)c4)cc3C2=O)n1.O=C=O. The van der Waals surface area contributed by atoms with Gasteiger partial charge in [-0.15, -0.1) is 10.2 Å². The number of fused-ring (bicyclic) bond motifs is 1. The lowest BCUT2D eigenvalue weighted by Gasteiger charge is -2.16. The second-order valence-electron chi connectivity index (χ2n) is 8.68. The Morgan fingerprint density at radius 3 is 2.38 bits per heavy atom. The van der Waals surface area contributed by atoms with Crippen LogP contribution >= 0.6 is 0 Å². The highest BCUT2D eigenvalue weighted by Crippen LogP contribution is 2.32. The zero-order chi connectivity index (χ0) is 26.7. The molecule has 11 heteroatoms. The molecule has 2 aromatic heterocycles. The summed E-state index contributed by atoms with van der Waals surface area (Å²) >= 11 is 0. The van der Waals surface area contributed by atoms with Crippen LogP contribution in [0.4, 0.5) is 5.82 Å². The molecule has 1 amide bonds. The number of carbonyl (C=O) groups excluding carboxylic acids is 3. The number of hydrogen-bond acceptors (Lipinski definition) is 8. The van der Waals surface area contributed by atoms with Gasteiger partial charge >= 0.3 is 6.15 Å². The number of rotatable bonds is 5. The molecular formula is C26H23N5O5S. The fourth-order valence-corrected chi connectivity index (χ4v) is 4.74. The number of sulfone groups is 1. The summed E-state index contributed by atoms with van der Waals surface area (Å²) in [5, 5.41) is 8.22. The summed E-state index contributed by atoms with van der Waals surface area (Å²) in [6.07, 6.45) is 3.10. The monoisotopic (exact) mass is 517 g/mol. The fraction of sp³-hybridized carbons (Fsp3) is 0.192. The predicted molar refractivity (Wildman–Crippen MR) is 134 cm³/mol. The molecule has 1 aliphatic heterocycles. The Labute approximate surface area is 213 Å². The van der Waals surface area contributed by atoms with Crippen LogP contribution in [0.3, 0.4) is 0 Å². The molecule has 0 saturated heterocycles. The van der Waals surface area contributed by atoms with Gasteiger partial charge < -0.3 is 4.57 Å². The van der Waals surface area contributed by atoms with Crippen LogP contribution in [0.5, 0.6) is 0 Å². The van der Waals surface area contributed by atoms with Crippen molar-refractivity contribution in [2.24, 2.45) is 0 Å². The molecule has 0 radical (unpaired) electrons. The molecule has 3 heterocycles. The predicted octanol–water partition coefficient (Wildman–Crippen LogP) is 3.57. The number of anilines is 1. The Hall–Kier alpha value is -4.47. The van der Waals surface area contributed by atoms with E-state index in [1.165, 1.54) is 6.26 Å². The Bertz CT molecular complexity index is 1620. The number of pyridine rings is 1. The fourth-order valence-electron chi connectivity index (χ4n) is 4.07. The maximum atomic E-state index is 13.3. The van der Waals surface area contributed by atoms with E-state index in [0.717, 1.165) is 16.7 Å². The van der Waals surface area contributed by atoms with Crippen molar-refractivity contribution in [1.29, 1.82) is 0 Å². The molecule has 4 aromatic rings. The first-order chi connectivity index (χ1) is 17.6. The normalized spacial score (nSPS) is 12.6. The molecule has 0 spiro atoms. The van der Waals surface area contributed by atoms with Gasteiger partial charge in [0.1, 0.15) is 17.8 Å². The third kappa shape index (κ3) is 5.23.